The Hall–Kier alpha value is -0.890. The Balaban J connectivity index is 2.72. The van der Waals surface area contributed by atoms with E-state index in [1.807, 2.05) is 25.3 Å². The van der Waals surface area contributed by atoms with Crippen molar-refractivity contribution in [3.05, 3.63) is 18.0 Å². The van der Waals surface area contributed by atoms with Gasteiger partial charge >= 0.3 is 0 Å². The van der Waals surface area contributed by atoms with Gasteiger partial charge < -0.3 is 15.0 Å². The number of nitrogens with two attached hydrogens (primary N) is 1. The first kappa shape index (κ1) is 17.2. The molecule has 0 aliphatic carbocycles. The highest BCUT2D eigenvalue weighted by molar-refractivity contribution is 7.89. The van der Waals surface area contributed by atoms with Crippen molar-refractivity contribution in [2.24, 2.45) is 5.73 Å². The third-order valence-corrected chi connectivity index (χ3v) is 4.37. The second kappa shape index (κ2) is 7.78. The molecule has 0 bridgehead atoms. The fourth-order valence-electron chi connectivity index (χ4n) is 1.90. The molecule has 116 valence electrons. The van der Waals surface area contributed by atoms with Crippen LogP contribution in [0.2, 0.25) is 0 Å². The van der Waals surface area contributed by atoms with E-state index in [-0.39, 0.29) is 10.9 Å². The molecule has 1 aromatic heterocycles. The highest BCUT2D eigenvalue weighted by atomic mass is 32.2. The maximum Gasteiger partial charge on any atom is 0.242 e. The van der Waals surface area contributed by atoms with Gasteiger partial charge in [-0.3, -0.25) is 0 Å². The first-order valence-corrected chi connectivity index (χ1v) is 8.39. The first-order chi connectivity index (χ1) is 9.42. The SMILES string of the molecule is CCOCCCNS(=O)(=O)c1cc(CN)n(C(C)C)c1. The van der Waals surface area contributed by atoms with Crippen LogP contribution in [0.25, 0.3) is 0 Å². The predicted molar refractivity (Wildman–Crippen MR) is 79.0 cm³/mol. The predicted octanol–water partition coefficient (Wildman–Crippen LogP) is 1.23. The van der Waals surface area contributed by atoms with Crippen LogP contribution in [-0.4, -0.2) is 32.7 Å². The molecule has 1 aromatic rings. The van der Waals surface area contributed by atoms with Crippen molar-refractivity contribution in [1.29, 1.82) is 0 Å². The van der Waals surface area contributed by atoms with Crippen molar-refractivity contribution >= 4 is 10.0 Å². The Morgan fingerprint density at radius 3 is 2.65 bits per heavy atom. The molecule has 0 aliphatic rings. The highest BCUT2D eigenvalue weighted by Crippen LogP contribution is 2.18. The Morgan fingerprint density at radius 2 is 2.15 bits per heavy atom. The van der Waals surface area contributed by atoms with E-state index in [4.69, 9.17) is 10.5 Å². The van der Waals surface area contributed by atoms with Gasteiger partial charge in [-0.05, 0) is 33.3 Å². The third-order valence-electron chi connectivity index (χ3n) is 2.94. The summed E-state index contributed by atoms with van der Waals surface area (Å²) in [5, 5.41) is 0. The lowest BCUT2D eigenvalue weighted by atomic mass is 10.3. The Labute approximate surface area is 121 Å². The number of hydrogen-bond donors (Lipinski definition) is 2. The summed E-state index contributed by atoms with van der Waals surface area (Å²) in [5.74, 6) is 0. The Bertz CT molecular complexity index is 509. The van der Waals surface area contributed by atoms with E-state index in [0.29, 0.717) is 32.7 Å². The van der Waals surface area contributed by atoms with Gasteiger partial charge in [0.15, 0.2) is 0 Å². The van der Waals surface area contributed by atoms with Crippen molar-refractivity contribution in [2.75, 3.05) is 19.8 Å². The Kier molecular flexibility index (Phi) is 6.67. The van der Waals surface area contributed by atoms with Gasteiger partial charge in [-0.1, -0.05) is 0 Å². The van der Waals surface area contributed by atoms with Crippen molar-refractivity contribution < 1.29 is 13.2 Å². The van der Waals surface area contributed by atoms with E-state index < -0.39 is 10.0 Å². The maximum absolute atomic E-state index is 12.2. The number of sulfonamides is 1. The lowest BCUT2D eigenvalue weighted by molar-refractivity contribution is 0.146. The van der Waals surface area contributed by atoms with Crippen LogP contribution >= 0.6 is 0 Å². The summed E-state index contributed by atoms with van der Waals surface area (Å²) < 4.78 is 34.0. The fraction of sp³-hybridized carbons (Fsp3) is 0.692. The molecule has 7 heteroatoms. The van der Waals surface area contributed by atoms with Crippen LogP contribution in [-0.2, 0) is 21.3 Å². The van der Waals surface area contributed by atoms with Crippen molar-refractivity contribution in [3.8, 4) is 0 Å². The van der Waals surface area contributed by atoms with Gasteiger partial charge in [0.1, 0.15) is 0 Å². The number of rotatable bonds is 9. The number of nitrogens with zero attached hydrogens (tertiary/aromatic N) is 1. The molecule has 0 unspecified atom stereocenters. The molecular weight excluding hydrogens is 278 g/mol. The smallest absolute Gasteiger partial charge is 0.242 e. The molecule has 6 nitrogen and oxygen atoms in total. The molecule has 0 aromatic carbocycles. The summed E-state index contributed by atoms with van der Waals surface area (Å²) in [6.07, 6.45) is 2.29. The van der Waals surface area contributed by atoms with Crippen LogP contribution in [0.15, 0.2) is 17.2 Å². The van der Waals surface area contributed by atoms with Gasteiger partial charge in [-0.15, -0.1) is 0 Å². The number of hydrogen-bond acceptors (Lipinski definition) is 4. The summed E-state index contributed by atoms with van der Waals surface area (Å²) in [6, 6.07) is 1.81. The van der Waals surface area contributed by atoms with E-state index >= 15 is 0 Å². The zero-order valence-electron chi connectivity index (χ0n) is 12.4. The lowest BCUT2D eigenvalue weighted by Gasteiger charge is -2.10. The molecule has 0 radical (unpaired) electrons. The molecule has 1 rings (SSSR count). The van der Waals surface area contributed by atoms with Crippen molar-refractivity contribution in [2.45, 2.75) is 44.7 Å². The summed E-state index contributed by atoms with van der Waals surface area (Å²) in [5.41, 5.74) is 6.46. The third kappa shape index (κ3) is 4.59. The molecule has 0 spiro atoms. The lowest BCUT2D eigenvalue weighted by Crippen LogP contribution is -2.25. The van der Waals surface area contributed by atoms with Gasteiger partial charge in [0, 0.05) is 44.2 Å². The second-order valence-electron chi connectivity index (χ2n) is 4.82. The number of aromatic nitrogens is 1. The number of nitrogens with one attached hydrogen (secondary N) is 1. The molecule has 0 aliphatic heterocycles. The summed E-state index contributed by atoms with van der Waals surface area (Å²) in [6.45, 7) is 7.78. The topological polar surface area (TPSA) is 86.3 Å². The average molecular weight is 303 g/mol. The molecule has 0 saturated heterocycles. The summed E-state index contributed by atoms with van der Waals surface area (Å²) >= 11 is 0. The van der Waals surface area contributed by atoms with Gasteiger partial charge in [0.25, 0.3) is 0 Å². The monoisotopic (exact) mass is 303 g/mol. The minimum Gasteiger partial charge on any atom is -0.382 e. The van der Waals surface area contributed by atoms with Crippen LogP contribution < -0.4 is 10.5 Å². The van der Waals surface area contributed by atoms with Crippen LogP contribution in [0.4, 0.5) is 0 Å². The molecule has 0 saturated carbocycles. The van der Waals surface area contributed by atoms with Crippen LogP contribution in [0.5, 0.6) is 0 Å². The minimum atomic E-state index is -3.47. The largest absolute Gasteiger partial charge is 0.382 e. The van der Waals surface area contributed by atoms with Crippen LogP contribution in [0, 0.1) is 0 Å². The average Bonchev–Trinajstić information content (AvgIpc) is 2.83. The molecule has 20 heavy (non-hydrogen) atoms. The van der Waals surface area contributed by atoms with E-state index in [2.05, 4.69) is 4.72 Å². The van der Waals surface area contributed by atoms with E-state index in [0.717, 1.165) is 5.69 Å². The molecule has 0 amide bonds. The fourth-order valence-corrected chi connectivity index (χ4v) is 3.02. The molecule has 3 N–H and O–H groups in total. The molecule has 0 fully saturated rings. The molecular formula is C13H25N3O3S. The van der Waals surface area contributed by atoms with Gasteiger partial charge in [-0.2, -0.15) is 0 Å². The van der Waals surface area contributed by atoms with Crippen LogP contribution in [0.1, 0.15) is 38.9 Å². The van der Waals surface area contributed by atoms with Gasteiger partial charge in [0.2, 0.25) is 10.0 Å². The van der Waals surface area contributed by atoms with Gasteiger partial charge in [-0.25, -0.2) is 13.1 Å². The summed E-state index contributed by atoms with van der Waals surface area (Å²) in [4.78, 5) is 0.267. The van der Waals surface area contributed by atoms with Crippen LogP contribution in [0.3, 0.4) is 0 Å². The van der Waals surface area contributed by atoms with E-state index in [9.17, 15) is 8.42 Å². The zero-order valence-corrected chi connectivity index (χ0v) is 13.2. The van der Waals surface area contributed by atoms with Crippen molar-refractivity contribution in [1.82, 2.24) is 9.29 Å². The highest BCUT2D eigenvalue weighted by Gasteiger charge is 2.18. The first-order valence-electron chi connectivity index (χ1n) is 6.90. The number of ether oxygens (including phenoxy) is 1. The van der Waals surface area contributed by atoms with Gasteiger partial charge in [0.05, 0.1) is 4.90 Å². The normalized spacial score (nSPS) is 12.2. The zero-order chi connectivity index (χ0) is 15.2. The second-order valence-corrected chi connectivity index (χ2v) is 6.59. The van der Waals surface area contributed by atoms with E-state index in [1.165, 1.54) is 0 Å². The molecule has 1 heterocycles. The molecule has 0 atom stereocenters. The summed E-state index contributed by atoms with van der Waals surface area (Å²) in [7, 11) is -3.47. The maximum atomic E-state index is 12.2. The van der Waals surface area contributed by atoms with E-state index in [1.54, 1.807) is 12.3 Å². The minimum absolute atomic E-state index is 0.176. The quantitative estimate of drug-likeness (QED) is 0.672. The Morgan fingerprint density at radius 1 is 1.45 bits per heavy atom. The standard InChI is InChI=1S/C13H25N3O3S/c1-4-19-7-5-6-15-20(17,18)13-8-12(9-14)16(10-13)11(2)3/h8,10-11,15H,4-7,9,14H2,1-3H3. The van der Waals surface area contributed by atoms with Crippen molar-refractivity contribution in [3.63, 3.8) is 0 Å².